The second-order valence-electron chi connectivity index (χ2n) is 5.83. The molecule has 0 saturated carbocycles. The zero-order valence-corrected chi connectivity index (χ0v) is 13.1. The third kappa shape index (κ3) is 2.58. The van der Waals surface area contributed by atoms with Gasteiger partial charge in [0.1, 0.15) is 5.69 Å². The van der Waals surface area contributed by atoms with Gasteiger partial charge < -0.3 is 14.5 Å². The molecule has 0 bridgehead atoms. The number of hydrogen-bond acceptors (Lipinski definition) is 5. The molecule has 0 aliphatic carbocycles. The highest BCUT2D eigenvalue weighted by atomic mass is 15.3. The SMILES string of the molecule is Cc1[nH]cnc1-c1nccn1C1CCCN(c2ncccn2)C1. The molecular weight excluding hydrogens is 290 g/mol. The fraction of sp³-hybridized carbons (Fsp3) is 0.375. The molecule has 1 saturated heterocycles. The Bertz CT molecular complexity index is 777. The van der Waals surface area contributed by atoms with E-state index in [1.54, 1.807) is 18.7 Å². The van der Waals surface area contributed by atoms with Gasteiger partial charge in [0.2, 0.25) is 5.95 Å². The summed E-state index contributed by atoms with van der Waals surface area (Å²) in [7, 11) is 0. The molecule has 0 aromatic carbocycles. The number of aromatic amines is 1. The molecule has 0 spiro atoms. The van der Waals surface area contributed by atoms with Crippen LogP contribution in [-0.4, -0.2) is 42.6 Å². The van der Waals surface area contributed by atoms with Crippen molar-refractivity contribution in [3.8, 4) is 11.5 Å². The Morgan fingerprint density at radius 1 is 1.13 bits per heavy atom. The molecule has 3 aromatic heterocycles. The van der Waals surface area contributed by atoms with Gasteiger partial charge in [-0.05, 0) is 25.8 Å². The van der Waals surface area contributed by atoms with E-state index in [9.17, 15) is 0 Å². The fourth-order valence-electron chi connectivity index (χ4n) is 3.19. The molecule has 23 heavy (non-hydrogen) atoms. The number of nitrogens with zero attached hydrogens (tertiary/aromatic N) is 6. The van der Waals surface area contributed by atoms with Gasteiger partial charge in [-0.3, -0.25) is 0 Å². The molecule has 3 aromatic rings. The van der Waals surface area contributed by atoms with Crippen LogP contribution in [0, 0.1) is 6.92 Å². The minimum Gasteiger partial charge on any atom is -0.348 e. The van der Waals surface area contributed by atoms with E-state index in [1.807, 2.05) is 25.4 Å². The zero-order valence-electron chi connectivity index (χ0n) is 13.1. The topological polar surface area (TPSA) is 75.5 Å². The van der Waals surface area contributed by atoms with E-state index in [1.165, 1.54) is 0 Å². The lowest BCUT2D eigenvalue weighted by Crippen LogP contribution is -2.37. The Labute approximate surface area is 134 Å². The van der Waals surface area contributed by atoms with Crippen molar-refractivity contribution < 1.29 is 0 Å². The summed E-state index contributed by atoms with van der Waals surface area (Å²) >= 11 is 0. The number of imidazole rings is 2. The van der Waals surface area contributed by atoms with Gasteiger partial charge >= 0.3 is 0 Å². The number of aryl methyl sites for hydroxylation is 1. The second kappa shape index (κ2) is 5.83. The highest BCUT2D eigenvalue weighted by Gasteiger charge is 2.25. The van der Waals surface area contributed by atoms with Gasteiger partial charge in [0.15, 0.2) is 5.82 Å². The van der Waals surface area contributed by atoms with Crippen molar-refractivity contribution >= 4 is 5.95 Å². The van der Waals surface area contributed by atoms with Crippen LogP contribution in [0.2, 0.25) is 0 Å². The van der Waals surface area contributed by atoms with Gasteiger partial charge in [-0.1, -0.05) is 0 Å². The molecule has 1 unspecified atom stereocenters. The van der Waals surface area contributed by atoms with Gasteiger partial charge in [-0.25, -0.2) is 19.9 Å². The molecule has 0 radical (unpaired) electrons. The van der Waals surface area contributed by atoms with Crippen molar-refractivity contribution in [2.24, 2.45) is 0 Å². The van der Waals surface area contributed by atoms with Crippen LogP contribution >= 0.6 is 0 Å². The van der Waals surface area contributed by atoms with Crippen molar-refractivity contribution in [2.45, 2.75) is 25.8 Å². The molecular formula is C16H19N7. The van der Waals surface area contributed by atoms with Crippen molar-refractivity contribution in [2.75, 3.05) is 18.0 Å². The maximum atomic E-state index is 4.52. The van der Waals surface area contributed by atoms with Crippen molar-refractivity contribution in [1.82, 2.24) is 29.5 Å². The molecule has 4 rings (SSSR count). The molecule has 7 heteroatoms. The normalized spacial score (nSPS) is 18.3. The van der Waals surface area contributed by atoms with E-state index in [0.717, 1.165) is 49.1 Å². The van der Waals surface area contributed by atoms with Crippen LogP contribution in [0.4, 0.5) is 5.95 Å². The summed E-state index contributed by atoms with van der Waals surface area (Å²) in [6.45, 7) is 3.90. The van der Waals surface area contributed by atoms with E-state index in [4.69, 9.17) is 0 Å². The summed E-state index contributed by atoms with van der Waals surface area (Å²) in [6.07, 6.45) is 11.4. The van der Waals surface area contributed by atoms with Crippen LogP contribution in [0.25, 0.3) is 11.5 Å². The Balaban J connectivity index is 1.62. The summed E-state index contributed by atoms with van der Waals surface area (Å²) in [5.41, 5.74) is 1.96. The molecule has 1 aliphatic heterocycles. The van der Waals surface area contributed by atoms with E-state index in [-0.39, 0.29) is 0 Å². The summed E-state index contributed by atoms with van der Waals surface area (Å²) in [4.78, 5) is 23.1. The molecule has 1 fully saturated rings. The number of hydrogen-bond donors (Lipinski definition) is 1. The first-order chi connectivity index (χ1) is 11.3. The molecule has 1 atom stereocenters. The average Bonchev–Trinajstić information content (AvgIpc) is 3.24. The first-order valence-electron chi connectivity index (χ1n) is 7.88. The van der Waals surface area contributed by atoms with Gasteiger partial charge in [0, 0.05) is 43.6 Å². The molecule has 1 aliphatic rings. The van der Waals surface area contributed by atoms with Crippen molar-refractivity contribution in [1.29, 1.82) is 0 Å². The van der Waals surface area contributed by atoms with E-state index < -0.39 is 0 Å². The lowest BCUT2D eigenvalue weighted by Gasteiger charge is -2.33. The maximum Gasteiger partial charge on any atom is 0.225 e. The highest BCUT2D eigenvalue weighted by molar-refractivity contribution is 5.53. The van der Waals surface area contributed by atoms with E-state index in [2.05, 4.69) is 34.4 Å². The molecule has 4 heterocycles. The van der Waals surface area contributed by atoms with E-state index >= 15 is 0 Å². The van der Waals surface area contributed by atoms with Crippen LogP contribution < -0.4 is 4.90 Å². The molecule has 118 valence electrons. The van der Waals surface area contributed by atoms with Gasteiger partial charge in [-0.15, -0.1) is 0 Å². The largest absolute Gasteiger partial charge is 0.348 e. The van der Waals surface area contributed by atoms with Gasteiger partial charge in [0.05, 0.1) is 12.4 Å². The number of nitrogens with one attached hydrogen (secondary N) is 1. The van der Waals surface area contributed by atoms with Crippen LogP contribution in [0.3, 0.4) is 0 Å². The average molecular weight is 309 g/mol. The van der Waals surface area contributed by atoms with Gasteiger partial charge in [0.25, 0.3) is 0 Å². The van der Waals surface area contributed by atoms with Gasteiger partial charge in [-0.2, -0.15) is 0 Å². The standard InChI is InChI=1S/C16H19N7/c1-12-14(21-11-20-12)15-17-7-9-23(15)13-4-2-8-22(10-13)16-18-5-3-6-19-16/h3,5-7,9,11,13H,2,4,8,10H2,1H3,(H,20,21). The van der Waals surface area contributed by atoms with Crippen molar-refractivity contribution in [3.05, 3.63) is 42.9 Å². The Kier molecular flexibility index (Phi) is 3.53. The highest BCUT2D eigenvalue weighted by Crippen LogP contribution is 2.28. The van der Waals surface area contributed by atoms with Crippen LogP contribution in [-0.2, 0) is 0 Å². The summed E-state index contributed by atoms with van der Waals surface area (Å²) < 4.78 is 2.23. The zero-order chi connectivity index (χ0) is 15.6. The minimum atomic E-state index is 0.348. The third-order valence-electron chi connectivity index (χ3n) is 4.34. The predicted molar refractivity (Wildman–Crippen MR) is 87.1 cm³/mol. The summed E-state index contributed by atoms with van der Waals surface area (Å²) in [5.74, 6) is 1.72. The smallest absolute Gasteiger partial charge is 0.225 e. The number of rotatable bonds is 3. The van der Waals surface area contributed by atoms with E-state index in [0.29, 0.717) is 6.04 Å². The maximum absolute atomic E-state index is 4.52. The second-order valence-corrected chi connectivity index (χ2v) is 5.83. The number of H-pyrrole nitrogens is 1. The Morgan fingerprint density at radius 2 is 2.00 bits per heavy atom. The summed E-state index contributed by atoms with van der Waals surface area (Å²) in [6, 6.07) is 2.19. The Hall–Kier alpha value is -2.70. The quantitative estimate of drug-likeness (QED) is 0.803. The number of aromatic nitrogens is 6. The number of piperidine rings is 1. The number of anilines is 1. The van der Waals surface area contributed by atoms with Crippen molar-refractivity contribution in [3.63, 3.8) is 0 Å². The Morgan fingerprint density at radius 3 is 2.78 bits per heavy atom. The fourth-order valence-corrected chi connectivity index (χ4v) is 3.19. The lowest BCUT2D eigenvalue weighted by atomic mass is 10.1. The van der Waals surface area contributed by atoms with Crippen LogP contribution in [0.15, 0.2) is 37.2 Å². The third-order valence-corrected chi connectivity index (χ3v) is 4.34. The first kappa shape index (κ1) is 13.9. The molecule has 7 nitrogen and oxygen atoms in total. The van der Waals surface area contributed by atoms with Crippen LogP contribution in [0.5, 0.6) is 0 Å². The first-order valence-corrected chi connectivity index (χ1v) is 7.88. The van der Waals surface area contributed by atoms with Crippen LogP contribution in [0.1, 0.15) is 24.6 Å². The summed E-state index contributed by atoms with van der Waals surface area (Å²) in [5, 5.41) is 0. The predicted octanol–water partition coefficient (Wildman–Crippen LogP) is 2.21. The molecule has 1 N–H and O–H groups in total. The lowest BCUT2D eigenvalue weighted by molar-refractivity contribution is 0.404. The molecule has 0 amide bonds. The monoisotopic (exact) mass is 309 g/mol. The minimum absolute atomic E-state index is 0.348.